The zero-order valence-electron chi connectivity index (χ0n) is 19.7. The van der Waals surface area contributed by atoms with Crippen molar-refractivity contribution in [1.29, 1.82) is 0 Å². The first-order valence-electron chi connectivity index (χ1n) is 11.1. The largest absolute Gasteiger partial charge is 0.494 e. The van der Waals surface area contributed by atoms with Crippen LogP contribution in [0.15, 0.2) is 65.6 Å². The van der Waals surface area contributed by atoms with Gasteiger partial charge in [-0.3, -0.25) is 14.4 Å². The Morgan fingerprint density at radius 3 is 2.35 bits per heavy atom. The molecule has 0 spiro atoms. The van der Waals surface area contributed by atoms with Crippen LogP contribution in [0.2, 0.25) is 0 Å². The van der Waals surface area contributed by atoms with E-state index in [9.17, 15) is 13.2 Å². The number of sulfonamides is 1. The lowest BCUT2D eigenvalue weighted by Crippen LogP contribution is -2.27. The number of benzene rings is 3. The molecule has 1 aliphatic rings. The van der Waals surface area contributed by atoms with Gasteiger partial charge in [0.25, 0.3) is 10.0 Å². The average molecular weight is 497 g/mol. The Hall–Kier alpha value is -2.97. The van der Waals surface area contributed by atoms with Gasteiger partial charge in [0.1, 0.15) is 11.1 Å². The number of carbonyl (C=O) groups is 1. The maximum Gasteiger partial charge on any atom is 0.262 e. The first-order valence-corrected chi connectivity index (χ1v) is 13.6. The van der Waals surface area contributed by atoms with Gasteiger partial charge in [0.2, 0.25) is 5.91 Å². The van der Waals surface area contributed by atoms with Crippen molar-refractivity contribution in [3.8, 4) is 5.75 Å². The smallest absolute Gasteiger partial charge is 0.262 e. The highest BCUT2D eigenvalue weighted by atomic mass is 32.2. The van der Waals surface area contributed by atoms with E-state index in [4.69, 9.17) is 4.74 Å². The third-order valence-electron chi connectivity index (χ3n) is 5.59. The Bertz CT molecular complexity index is 1300. The molecule has 3 aromatic carbocycles. The molecule has 178 valence electrons. The lowest BCUT2D eigenvalue weighted by atomic mass is 10.1. The summed E-state index contributed by atoms with van der Waals surface area (Å²) < 4.78 is 34.7. The van der Waals surface area contributed by atoms with Gasteiger partial charge in [-0.2, -0.15) is 0 Å². The first kappa shape index (κ1) is 24.2. The van der Waals surface area contributed by atoms with Gasteiger partial charge >= 0.3 is 0 Å². The Balaban J connectivity index is 1.62. The molecule has 1 saturated heterocycles. The Morgan fingerprint density at radius 2 is 1.71 bits per heavy atom. The van der Waals surface area contributed by atoms with Crippen molar-refractivity contribution in [2.75, 3.05) is 22.0 Å². The maximum atomic E-state index is 13.2. The number of hydrogen-bond donors (Lipinski definition) is 1. The fourth-order valence-electron chi connectivity index (χ4n) is 4.37. The molecular formula is C26H28N2O4S2. The molecule has 0 radical (unpaired) electrons. The van der Waals surface area contributed by atoms with Crippen molar-refractivity contribution in [2.24, 2.45) is 0 Å². The van der Waals surface area contributed by atoms with E-state index in [1.165, 1.54) is 11.8 Å². The minimum Gasteiger partial charge on any atom is -0.494 e. The zero-order chi connectivity index (χ0) is 24.5. The van der Waals surface area contributed by atoms with E-state index >= 15 is 0 Å². The second-order valence-corrected chi connectivity index (χ2v) is 11.0. The average Bonchev–Trinajstić information content (AvgIpc) is 3.15. The fraction of sp³-hybridized carbons (Fsp3) is 0.269. The van der Waals surface area contributed by atoms with Crippen LogP contribution in [0.3, 0.4) is 0 Å². The summed E-state index contributed by atoms with van der Waals surface area (Å²) in [5, 5.41) is -0.252. The van der Waals surface area contributed by atoms with Crippen LogP contribution in [0, 0.1) is 20.8 Å². The summed E-state index contributed by atoms with van der Waals surface area (Å²) in [6.45, 7) is 8.06. The van der Waals surface area contributed by atoms with E-state index in [-0.39, 0.29) is 11.3 Å². The van der Waals surface area contributed by atoms with Crippen LogP contribution in [0.4, 0.5) is 11.4 Å². The van der Waals surface area contributed by atoms with Gasteiger partial charge in [-0.05, 0) is 80.8 Å². The molecule has 1 heterocycles. The Kier molecular flexibility index (Phi) is 6.91. The number of ether oxygens (including phenoxy) is 1. The molecule has 1 atom stereocenters. The van der Waals surface area contributed by atoms with Crippen LogP contribution in [0.1, 0.15) is 34.6 Å². The summed E-state index contributed by atoms with van der Waals surface area (Å²) in [5.74, 6) is 1.12. The molecule has 1 aliphatic heterocycles. The fourth-order valence-corrected chi connectivity index (χ4v) is 7.04. The third kappa shape index (κ3) is 4.93. The predicted molar refractivity (Wildman–Crippen MR) is 138 cm³/mol. The number of aryl methyl sites for hydroxylation is 3. The van der Waals surface area contributed by atoms with Crippen molar-refractivity contribution in [2.45, 2.75) is 38.0 Å². The molecule has 3 aromatic rings. The standard InChI is InChI=1S/C26H28N2O4S2/c1-5-32-23-11-9-22(10-12-23)28-24(29)16-33-26(28)20-7-6-8-21(15-20)27-34(30,31)25-18(3)13-17(2)14-19(25)4/h6-15,26-27H,5,16H2,1-4H3. The summed E-state index contributed by atoms with van der Waals surface area (Å²) in [5.41, 5.74) is 4.53. The molecule has 0 aromatic heterocycles. The van der Waals surface area contributed by atoms with Gasteiger partial charge in [-0.25, -0.2) is 8.42 Å². The number of carbonyl (C=O) groups excluding carboxylic acids is 1. The summed E-state index contributed by atoms with van der Waals surface area (Å²) in [4.78, 5) is 14.8. The lowest BCUT2D eigenvalue weighted by molar-refractivity contribution is -0.115. The molecule has 6 nitrogen and oxygen atoms in total. The van der Waals surface area contributed by atoms with Crippen LogP contribution in [-0.2, 0) is 14.8 Å². The predicted octanol–water partition coefficient (Wildman–Crippen LogP) is 5.59. The molecule has 1 amide bonds. The van der Waals surface area contributed by atoms with E-state index in [0.29, 0.717) is 34.1 Å². The SMILES string of the molecule is CCOc1ccc(N2C(=O)CSC2c2cccc(NS(=O)(=O)c3c(C)cc(C)cc3C)c2)cc1. The molecule has 1 fully saturated rings. The van der Waals surface area contributed by atoms with Crippen LogP contribution in [0.5, 0.6) is 5.75 Å². The zero-order valence-corrected chi connectivity index (χ0v) is 21.3. The van der Waals surface area contributed by atoms with E-state index in [2.05, 4.69) is 4.72 Å². The summed E-state index contributed by atoms with van der Waals surface area (Å²) >= 11 is 1.52. The summed E-state index contributed by atoms with van der Waals surface area (Å²) in [6, 6.07) is 18.4. The quantitative estimate of drug-likeness (QED) is 0.461. The van der Waals surface area contributed by atoms with Crippen molar-refractivity contribution >= 4 is 39.1 Å². The van der Waals surface area contributed by atoms with Gasteiger partial charge in [-0.1, -0.05) is 29.8 Å². The second kappa shape index (κ2) is 9.72. The van der Waals surface area contributed by atoms with Gasteiger partial charge in [-0.15, -0.1) is 11.8 Å². The maximum absolute atomic E-state index is 13.2. The summed E-state index contributed by atoms with van der Waals surface area (Å²) in [6.07, 6.45) is 0. The highest BCUT2D eigenvalue weighted by Crippen LogP contribution is 2.42. The molecule has 0 aliphatic carbocycles. The highest BCUT2D eigenvalue weighted by Gasteiger charge is 2.34. The van der Waals surface area contributed by atoms with Crippen molar-refractivity contribution < 1.29 is 17.9 Å². The van der Waals surface area contributed by atoms with E-state index in [0.717, 1.165) is 22.6 Å². The normalized spacial score (nSPS) is 16.1. The number of anilines is 2. The van der Waals surface area contributed by atoms with E-state index in [1.807, 2.05) is 62.4 Å². The number of rotatable bonds is 7. The molecular weight excluding hydrogens is 468 g/mol. The van der Waals surface area contributed by atoms with Gasteiger partial charge in [0, 0.05) is 11.4 Å². The van der Waals surface area contributed by atoms with Crippen LogP contribution < -0.4 is 14.4 Å². The molecule has 1 N–H and O–H groups in total. The van der Waals surface area contributed by atoms with Crippen molar-refractivity contribution in [3.05, 3.63) is 82.9 Å². The first-order chi connectivity index (χ1) is 16.2. The van der Waals surface area contributed by atoms with Crippen LogP contribution in [-0.4, -0.2) is 26.7 Å². The topological polar surface area (TPSA) is 75.7 Å². The Morgan fingerprint density at radius 1 is 1.03 bits per heavy atom. The number of thioether (sulfide) groups is 1. The number of amides is 1. The highest BCUT2D eigenvalue weighted by molar-refractivity contribution is 8.00. The van der Waals surface area contributed by atoms with Gasteiger partial charge in [0.15, 0.2) is 0 Å². The second-order valence-electron chi connectivity index (χ2n) is 8.31. The molecule has 0 bridgehead atoms. The molecule has 8 heteroatoms. The number of nitrogens with zero attached hydrogens (tertiary/aromatic N) is 1. The molecule has 0 saturated carbocycles. The van der Waals surface area contributed by atoms with E-state index in [1.54, 1.807) is 30.9 Å². The van der Waals surface area contributed by atoms with Crippen molar-refractivity contribution in [3.63, 3.8) is 0 Å². The monoisotopic (exact) mass is 496 g/mol. The molecule has 34 heavy (non-hydrogen) atoms. The number of nitrogens with one attached hydrogen (secondary N) is 1. The Labute approximate surface area is 205 Å². The summed E-state index contributed by atoms with van der Waals surface area (Å²) in [7, 11) is -3.77. The van der Waals surface area contributed by atoms with E-state index < -0.39 is 10.0 Å². The minimum absolute atomic E-state index is 0.0102. The lowest BCUT2D eigenvalue weighted by Gasteiger charge is -2.25. The van der Waals surface area contributed by atoms with Crippen molar-refractivity contribution in [1.82, 2.24) is 0 Å². The number of hydrogen-bond acceptors (Lipinski definition) is 5. The van der Waals surface area contributed by atoms with Crippen LogP contribution >= 0.6 is 11.8 Å². The third-order valence-corrected chi connectivity index (χ3v) is 8.49. The van der Waals surface area contributed by atoms with Crippen LogP contribution in [0.25, 0.3) is 0 Å². The van der Waals surface area contributed by atoms with Gasteiger partial charge < -0.3 is 4.74 Å². The molecule has 4 rings (SSSR count). The minimum atomic E-state index is -3.77. The molecule has 1 unspecified atom stereocenters. The van der Waals surface area contributed by atoms with Gasteiger partial charge in [0.05, 0.1) is 17.3 Å².